The van der Waals surface area contributed by atoms with Crippen molar-refractivity contribution in [2.75, 3.05) is 18.6 Å². The van der Waals surface area contributed by atoms with E-state index in [9.17, 15) is 9.90 Å². The molecule has 1 atom stereocenters. The number of aromatic carboxylic acids is 1. The first-order valence-electron chi connectivity index (χ1n) is 11.0. The number of hydrogen-bond acceptors (Lipinski definition) is 5. The highest BCUT2D eigenvalue weighted by Gasteiger charge is 2.23. The van der Waals surface area contributed by atoms with E-state index in [0.29, 0.717) is 37.7 Å². The fourth-order valence-corrected chi connectivity index (χ4v) is 4.64. The van der Waals surface area contributed by atoms with Crippen molar-refractivity contribution in [1.82, 2.24) is 4.98 Å². The van der Waals surface area contributed by atoms with Crippen LogP contribution in [-0.4, -0.2) is 29.7 Å². The van der Waals surface area contributed by atoms with Crippen molar-refractivity contribution in [3.63, 3.8) is 0 Å². The lowest BCUT2D eigenvalue weighted by Crippen LogP contribution is -2.17. The van der Waals surface area contributed by atoms with Gasteiger partial charge in [-0.2, -0.15) is 0 Å². The topological polar surface area (TPSA) is 71.9 Å². The van der Waals surface area contributed by atoms with Crippen molar-refractivity contribution in [2.24, 2.45) is 0 Å². The zero-order valence-electron chi connectivity index (χ0n) is 18.1. The van der Waals surface area contributed by atoms with E-state index >= 15 is 0 Å². The Kier molecular flexibility index (Phi) is 5.53. The fraction of sp³-hybridized carbons (Fsp3) is 0.308. The van der Waals surface area contributed by atoms with Crippen LogP contribution in [0.5, 0.6) is 5.75 Å². The zero-order valence-corrected chi connectivity index (χ0v) is 18.1. The Morgan fingerprint density at radius 2 is 1.94 bits per heavy atom. The van der Waals surface area contributed by atoms with Gasteiger partial charge in [-0.3, -0.25) is 4.98 Å². The minimum absolute atomic E-state index is 0.331. The summed E-state index contributed by atoms with van der Waals surface area (Å²) in [6.07, 6.45) is 5.67. The predicted molar refractivity (Wildman–Crippen MR) is 122 cm³/mol. The summed E-state index contributed by atoms with van der Waals surface area (Å²) < 4.78 is 11.6. The predicted octanol–water partition coefficient (Wildman–Crippen LogP) is 5.08. The lowest BCUT2D eigenvalue weighted by atomic mass is 9.87. The number of nitrogens with zero attached hydrogens (tertiary/aromatic N) is 2. The van der Waals surface area contributed by atoms with Gasteiger partial charge in [-0.25, -0.2) is 4.79 Å². The number of carboxylic acids is 1. The largest absolute Gasteiger partial charge is 0.493 e. The number of hydrogen-bond donors (Lipinski definition) is 1. The average Bonchev–Trinajstić information content (AvgIpc) is 3.30. The Balaban J connectivity index is 1.34. The van der Waals surface area contributed by atoms with Gasteiger partial charge >= 0.3 is 5.97 Å². The lowest BCUT2D eigenvalue weighted by Gasteiger charge is -2.28. The molecule has 0 unspecified atom stereocenters. The van der Waals surface area contributed by atoms with Gasteiger partial charge in [0.2, 0.25) is 0 Å². The number of anilines is 2. The first-order valence-corrected chi connectivity index (χ1v) is 11.0. The molecular weight excluding hydrogens is 404 g/mol. The van der Waals surface area contributed by atoms with Crippen LogP contribution in [0.15, 0.2) is 54.9 Å². The number of carboxylic acid groups (broad SMARTS) is 1. The van der Waals surface area contributed by atoms with Gasteiger partial charge in [-0.15, -0.1) is 0 Å². The van der Waals surface area contributed by atoms with Crippen molar-refractivity contribution in [3.8, 4) is 5.75 Å². The molecule has 3 heterocycles. The smallest absolute Gasteiger partial charge is 0.336 e. The number of benzene rings is 2. The standard InChI is InChI=1S/C26H26N2O4/c1-28(21-5-4-19-15-31-16-20(19)12-21)22-6-7-23-17(9-11-32-25(23)13-22)2-3-18-14-27-10-8-24(18)26(29)30/h4-8,10,12-14,17H,2-3,9,11,15-16H2,1H3,(H,29,30)/t17-/m1/s1. The third-order valence-electron chi connectivity index (χ3n) is 6.54. The van der Waals surface area contributed by atoms with Gasteiger partial charge in [0.05, 0.1) is 25.4 Å². The number of ether oxygens (including phenoxy) is 2. The van der Waals surface area contributed by atoms with Crippen molar-refractivity contribution >= 4 is 17.3 Å². The summed E-state index contributed by atoms with van der Waals surface area (Å²) in [7, 11) is 2.06. The molecule has 5 rings (SSSR count). The van der Waals surface area contributed by atoms with Crippen molar-refractivity contribution in [3.05, 3.63) is 82.7 Å². The van der Waals surface area contributed by atoms with Crippen LogP contribution in [0, 0.1) is 0 Å². The van der Waals surface area contributed by atoms with Gasteiger partial charge in [0.25, 0.3) is 0 Å². The van der Waals surface area contributed by atoms with Crippen LogP contribution in [0.1, 0.15) is 51.4 Å². The van der Waals surface area contributed by atoms with Gasteiger partial charge in [-0.1, -0.05) is 12.1 Å². The van der Waals surface area contributed by atoms with E-state index in [1.807, 2.05) is 0 Å². The second-order valence-electron chi connectivity index (χ2n) is 8.44. The van der Waals surface area contributed by atoms with Gasteiger partial charge in [0.15, 0.2) is 0 Å². The third-order valence-corrected chi connectivity index (χ3v) is 6.54. The molecule has 6 nitrogen and oxygen atoms in total. The van der Waals surface area contributed by atoms with Crippen LogP contribution >= 0.6 is 0 Å². The van der Waals surface area contributed by atoms with Crippen LogP contribution in [-0.2, 0) is 24.4 Å². The number of aryl methyl sites for hydroxylation is 1. The third kappa shape index (κ3) is 3.94. The second-order valence-corrected chi connectivity index (χ2v) is 8.44. The van der Waals surface area contributed by atoms with Gasteiger partial charge in [-0.05, 0) is 71.7 Å². The Morgan fingerprint density at radius 1 is 1.12 bits per heavy atom. The van der Waals surface area contributed by atoms with Crippen LogP contribution in [0.2, 0.25) is 0 Å². The van der Waals surface area contributed by atoms with Crippen molar-refractivity contribution in [1.29, 1.82) is 0 Å². The monoisotopic (exact) mass is 430 g/mol. The molecule has 0 saturated heterocycles. The maximum atomic E-state index is 11.5. The van der Waals surface area contributed by atoms with Crippen LogP contribution in [0.25, 0.3) is 0 Å². The normalized spacial score (nSPS) is 16.7. The summed E-state index contributed by atoms with van der Waals surface area (Å²) in [5.41, 5.74) is 7.02. The molecule has 2 aliphatic heterocycles. The Labute approximate surface area is 187 Å². The lowest BCUT2D eigenvalue weighted by molar-refractivity contribution is 0.0695. The van der Waals surface area contributed by atoms with E-state index in [1.54, 1.807) is 12.3 Å². The van der Waals surface area contributed by atoms with Crippen molar-refractivity contribution in [2.45, 2.75) is 38.4 Å². The molecule has 0 saturated carbocycles. The van der Waals surface area contributed by atoms with Crippen molar-refractivity contribution < 1.29 is 19.4 Å². The first-order chi connectivity index (χ1) is 15.6. The molecule has 0 spiro atoms. The zero-order chi connectivity index (χ0) is 22.1. The average molecular weight is 431 g/mol. The Hall–Kier alpha value is -3.38. The van der Waals surface area contributed by atoms with Crippen LogP contribution < -0.4 is 9.64 Å². The number of pyridine rings is 1. The maximum absolute atomic E-state index is 11.5. The molecule has 0 bridgehead atoms. The molecule has 1 N–H and O–H groups in total. The minimum atomic E-state index is -0.902. The first kappa shape index (κ1) is 20.5. The van der Waals surface area contributed by atoms with E-state index in [-0.39, 0.29) is 0 Å². The van der Waals surface area contributed by atoms with Crippen LogP contribution in [0.4, 0.5) is 11.4 Å². The molecule has 32 heavy (non-hydrogen) atoms. The molecule has 2 aliphatic rings. The Morgan fingerprint density at radius 3 is 2.81 bits per heavy atom. The van der Waals surface area contributed by atoms with E-state index < -0.39 is 5.97 Å². The molecular formula is C26H26N2O4. The van der Waals surface area contributed by atoms with Gasteiger partial charge < -0.3 is 19.5 Å². The molecule has 0 fully saturated rings. The van der Waals surface area contributed by atoms with Crippen LogP contribution in [0.3, 0.4) is 0 Å². The molecule has 2 aromatic carbocycles. The summed E-state index contributed by atoms with van der Waals surface area (Å²) in [4.78, 5) is 17.8. The molecule has 164 valence electrons. The number of aromatic nitrogens is 1. The molecule has 0 amide bonds. The minimum Gasteiger partial charge on any atom is -0.493 e. The molecule has 3 aromatic rings. The highest BCUT2D eigenvalue weighted by molar-refractivity contribution is 5.89. The number of carbonyl (C=O) groups is 1. The molecule has 1 aromatic heterocycles. The van der Waals surface area contributed by atoms with E-state index in [1.165, 1.54) is 22.9 Å². The van der Waals surface area contributed by atoms with E-state index in [2.05, 4.69) is 53.3 Å². The van der Waals surface area contributed by atoms with Gasteiger partial charge in [0.1, 0.15) is 5.75 Å². The highest BCUT2D eigenvalue weighted by atomic mass is 16.5. The summed E-state index contributed by atoms with van der Waals surface area (Å²) in [6, 6.07) is 14.4. The van der Waals surface area contributed by atoms with Gasteiger partial charge in [0, 0.05) is 36.9 Å². The second kappa shape index (κ2) is 8.63. The van der Waals surface area contributed by atoms with E-state index in [0.717, 1.165) is 35.5 Å². The molecule has 0 aliphatic carbocycles. The Bertz CT molecular complexity index is 1160. The molecule has 6 heteroatoms. The maximum Gasteiger partial charge on any atom is 0.336 e. The van der Waals surface area contributed by atoms with E-state index in [4.69, 9.17) is 9.47 Å². The summed E-state index contributed by atoms with van der Waals surface area (Å²) in [5.74, 6) is 0.345. The highest BCUT2D eigenvalue weighted by Crippen LogP contribution is 2.40. The number of rotatable bonds is 6. The summed E-state index contributed by atoms with van der Waals surface area (Å²) in [6.45, 7) is 2.03. The quantitative estimate of drug-likeness (QED) is 0.588. The fourth-order valence-electron chi connectivity index (χ4n) is 4.64. The summed E-state index contributed by atoms with van der Waals surface area (Å²) >= 11 is 0. The summed E-state index contributed by atoms with van der Waals surface area (Å²) in [5, 5.41) is 9.43. The number of fused-ring (bicyclic) bond motifs is 2. The SMILES string of the molecule is CN(c1ccc2c(c1)COC2)c1ccc2c(c1)OCC[C@H]2CCc1cnccc1C(=O)O. The molecule has 0 radical (unpaired) electrons.